The molecule has 1 aromatic carbocycles. The number of aromatic nitrogens is 3. The Kier molecular flexibility index (Phi) is 7.87. The minimum absolute atomic E-state index is 0.0123. The number of urea groups is 1. The normalized spacial score (nSPS) is 15.8. The first-order chi connectivity index (χ1) is 14.4. The van der Waals surface area contributed by atoms with E-state index in [2.05, 4.69) is 37.1 Å². The zero-order chi connectivity index (χ0) is 21.5. The molecule has 3 amide bonds. The summed E-state index contributed by atoms with van der Waals surface area (Å²) in [5.41, 5.74) is 6.29. The van der Waals surface area contributed by atoms with Crippen molar-refractivity contribution in [2.24, 2.45) is 11.7 Å². The number of carbonyl (C=O) groups excluding carboxylic acids is 2. The molecule has 1 atom stereocenters. The van der Waals surface area contributed by atoms with E-state index in [1.165, 1.54) is 31.0 Å². The number of nitrogens with zero attached hydrogens (tertiary/aromatic N) is 4. The number of hydrogen-bond acceptors (Lipinski definition) is 6. The van der Waals surface area contributed by atoms with E-state index in [-0.39, 0.29) is 5.92 Å². The highest BCUT2D eigenvalue weighted by Gasteiger charge is 2.28. The van der Waals surface area contributed by atoms with Gasteiger partial charge in [0.25, 0.3) is 0 Å². The van der Waals surface area contributed by atoms with Gasteiger partial charge in [-0.15, -0.1) is 10.2 Å². The Balaban J connectivity index is 1.86. The van der Waals surface area contributed by atoms with E-state index in [0.29, 0.717) is 11.7 Å². The molecule has 0 spiro atoms. The Morgan fingerprint density at radius 3 is 2.43 bits per heavy atom. The number of imide groups is 1. The number of likely N-dealkylation sites (tertiary alicyclic amines) is 1. The van der Waals surface area contributed by atoms with Crippen LogP contribution in [0.3, 0.4) is 0 Å². The number of hydrogen-bond donors (Lipinski definition) is 2. The molecule has 9 heteroatoms. The van der Waals surface area contributed by atoms with Crippen molar-refractivity contribution >= 4 is 23.7 Å². The predicted molar refractivity (Wildman–Crippen MR) is 117 cm³/mol. The van der Waals surface area contributed by atoms with E-state index in [9.17, 15) is 9.59 Å². The standard InChI is InChI=1S/C21H30N6O2S/c1-15(2)18(19(28)23-20(22)29)30-21-25-24-17(14-26-11-7-4-8-12-26)27(21)13-16-9-5-3-6-10-16/h3,5-6,9-10,15,18H,4,7-8,11-14H2,1-2H3,(H3,22,23,28,29). The average molecular weight is 431 g/mol. The molecular formula is C21H30N6O2S. The number of amides is 3. The number of rotatable bonds is 8. The Bertz CT molecular complexity index is 848. The fraction of sp³-hybridized carbons (Fsp3) is 0.524. The highest BCUT2D eigenvalue weighted by Crippen LogP contribution is 2.29. The molecule has 1 fully saturated rings. The van der Waals surface area contributed by atoms with Crippen LogP contribution in [0.15, 0.2) is 35.5 Å². The number of piperidine rings is 1. The van der Waals surface area contributed by atoms with Crippen LogP contribution in [-0.4, -0.2) is 49.9 Å². The minimum atomic E-state index is -0.845. The van der Waals surface area contributed by atoms with Crippen molar-refractivity contribution in [1.82, 2.24) is 25.0 Å². The lowest BCUT2D eigenvalue weighted by Crippen LogP contribution is -2.42. The van der Waals surface area contributed by atoms with Crippen LogP contribution in [0, 0.1) is 5.92 Å². The summed E-state index contributed by atoms with van der Waals surface area (Å²) in [4.78, 5) is 26.1. The lowest BCUT2D eigenvalue weighted by molar-refractivity contribution is -0.120. The minimum Gasteiger partial charge on any atom is -0.351 e. The maximum Gasteiger partial charge on any atom is 0.318 e. The van der Waals surface area contributed by atoms with Crippen molar-refractivity contribution in [3.63, 3.8) is 0 Å². The van der Waals surface area contributed by atoms with Crippen LogP contribution in [0.2, 0.25) is 0 Å². The number of benzene rings is 1. The Labute approximate surface area is 181 Å². The molecule has 0 aliphatic carbocycles. The zero-order valence-corrected chi connectivity index (χ0v) is 18.4. The fourth-order valence-electron chi connectivity index (χ4n) is 3.56. The molecule has 30 heavy (non-hydrogen) atoms. The number of primary amides is 1. The molecule has 0 saturated carbocycles. The second-order valence-corrected chi connectivity index (χ2v) is 9.05. The topological polar surface area (TPSA) is 106 Å². The van der Waals surface area contributed by atoms with Gasteiger partial charge in [-0.05, 0) is 37.4 Å². The summed E-state index contributed by atoms with van der Waals surface area (Å²) in [7, 11) is 0. The Morgan fingerprint density at radius 2 is 1.80 bits per heavy atom. The molecule has 3 rings (SSSR count). The van der Waals surface area contributed by atoms with Crippen molar-refractivity contribution in [3.05, 3.63) is 41.7 Å². The van der Waals surface area contributed by atoms with Gasteiger partial charge in [0.05, 0.1) is 18.3 Å². The van der Waals surface area contributed by atoms with Gasteiger partial charge in [0, 0.05) is 0 Å². The second kappa shape index (κ2) is 10.6. The highest BCUT2D eigenvalue weighted by molar-refractivity contribution is 8.00. The van der Waals surface area contributed by atoms with E-state index in [1.54, 1.807) is 0 Å². The quantitative estimate of drug-likeness (QED) is 0.624. The van der Waals surface area contributed by atoms with Gasteiger partial charge in [0.2, 0.25) is 5.91 Å². The van der Waals surface area contributed by atoms with Crippen LogP contribution in [0.25, 0.3) is 0 Å². The lowest BCUT2D eigenvalue weighted by Gasteiger charge is -2.26. The van der Waals surface area contributed by atoms with Crippen molar-refractivity contribution in [1.29, 1.82) is 0 Å². The summed E-state index contributed by atoms with van der Waals surface area (Å²) >= 11 is 1.33. The van der Waals surface area contributed by atoms with Crippen molar-refractivity contribution in [3.8, 4) is 0 Å². The fourth-order valence-corrected chi connectivity index (χ4v) is 4.61. The number of nitrogens with one attached hydrogen (secondary N) is 1. The summed E-state index contributed by atoms with van der Waals surface area (Å²) in [5, 5.41) is 11.3. The maximum absolute atomic E-state index is 12.5. The van der Waals surface area contributed by atoms with Crippen LogP contribution in [0.4, 0.5) is 4.79 Å². The van der Waals surface area contributed by atoms with Gasteiger partial charge in [0.1, 0.15) is 5.82 Å². The predicted octanol–water partition coefficient (Wildman–Crippen LogP) is 2.62. The first kappa shape index (κ1) is 22.3. The van der Waals surface area contributed by atoms with Gasteiger partial charge >= 0.3 is 6.03 Å². The molecular weight excluding hydrogens is 400 g/mol. The Morgan fingerprint density at radius 1 is 1.10 bits per heavy atom. The summed E-state index contributed by atoms with van der Waals surface area (Å²) < 4.78 is 2.08. The summed E-state index contributed by atoms with van der Waals surface area (Å²) in [6, 6.07) is 9.30. The van der Waals surface area contributed by atoms with Crippen LogP contribution in [-0.2, 0) is 17.9 Å². The summed E-state index contributed by atoms with van der Waals surface area (Å²) in [6.45, 7) is 7.37. The molecule has 1 saturated heterocycles. The van der Waals surface area contributed by atoms with Gasteiger partial charge < -0.3 is 10.3 Å². The van der Waals surface area contributed by atoms with E-state index >= 15 is 0 Å². The van der Waals surface area contributed by atoms with E-state index in [1.807, 2.05) is 32.0 Å². The van der Waals surface area contributed by atoms with Crippen LogP contribution < -0.4 is 11.1 Å². The lowest BCUT2D eigenvalue weighted by atomic mass is 10.1. The monoisotopic (exact) mass is 430 g/mol. The molecule has 1 aliphatic heterocycles. The first-order valence-electron chi connectivity index (χ1n) is 10.4. The molecule has 0 bridgehead atoms. The third kappa shape index (κ3) is 6.06. The zero-order valence-electron chi connectivity index (χ0n) is 17.6. The summed E-state index contributed by atoms with van der Waals surface area (Å²) in [6.07, 6.45) is 3.69. The number of thioether (sulfide) groups is 1. The molecule has 2 aromatic rings. The van der Waals surface area contributed by atoms with Crippen LogP contribution in [0.1, 0.15) is 44.5 Å². The number of carbonyl (C=O) groups is 2. The molecule has 3 N–H and O–H groups in total. The van der Waals surface area contributed by atoms with Crippen molar-refractivity contribution < 1.29 is 9.59 Å². The van der Waals surface area contributed by atoms with Gasteiger partial charge in [-0.2, -0.15) is 0 Å². The second-order valence-electron chi connectivity index (χ2n) is 7.94. The van der Waals surface area contributed by atoms with E-state index < -0.39 is 17.2 Å². The van der Waals surface area contributed by atoms with E-state index in [0.717, 1.165) is 31.0 Å². The average Bonchev–Trinajstić information content (AvgIpc) is 3.08. The molecule has 1 unspecified atom stereocenters. The molecule has 1 aliphatic rings. The number of nitrogens with two attached hydrogens (primary N) is 1. The van der Waals surface area contributed by atoms with Gasteiger partial charge in [-0.25, -0.2) is 4.79 Å². The van der Waals surface area contributed by atoms with Crippen molar-refractivity contribution in [2.45, 2.75) is 56.6 Å². The largest absolute Gasteiger partial charge is 0.351 e. The van der Waals surface area contributed by atoms with Crippen LogP contribution in [0.5, 0.6) is 0 Å². The third-order valence-electron chi connectivity index (χ3n) is 5.13. The van der Waals surface area contributed by atoms with Crippen LogP contribution >= 0.6 is 11.8 Å². The van der Waals surface area contributed by atoms with Gasteiger partial charge in [-0.1, -0.05) is 62.4 Å². The molecule has 2 heterocycles. The SMILES string of the molecule is CC(C)C(Sc1nnc(CN2CCCCC2)n1Cc1ccccc1)C(=O)NC(N)=O. The third-order valence-corrected chi connectivity index (χ3v) is 6.66. The molecule has 0 radical (unpaired) electrons. The van der Waals surface area contributed by atoms with E-state index in [4.69, 9.17) is 5.73 Å². The van der Waals surface area contributed by atoms with Crippen molar-refractivity contribution in [2.75, 3.05) is 13.1 Å². The molecule has 8 nitrogen and oxygen atoms in total. The van der Waals surface area contributed by atoms with Gasteiger partial charge in [0.15, 0.2) is 5.16 Å². The maximum atomic E-state index is 12.5. The smallest absolute Gasteiger partial charge is 0.318 e. The van der Waals surface area contributed by atoms with Gasteiger partial charge in [-0.3, -0.25) is 15.0 Å². The highest BCUT2D eigenvalue weighted by atomic mass is 32.2. The Hall–Kier alpha value is -2.39. The molecule has 1 aromatic heterocycles. The first-order valence-corrected chi connectivity index (χ1v) is 11.3. The molecule has 162 valence electrons. The summed E-state index contributed by atoms with van der Waals surface area (Å²) in [5.74, 6) is 0.470.